The van der Waals surface area contributed by atoms with Gasteiger partial charge < -0.3 is 14.8 Å². The maximum Gasteiger partial charge on any atom is 0.255 e. The van der Waals surface area contributed by atoms with Crippen molar-refractivity contribution < 1.29 is 19.1 Å². The molecule has 3 rings (SSSR count). The summed E-state index contributed by atoms with van der Waals surface area (Å²) in [5, 5.41) is 15.0. The first-order valence-corrected chi connectivity index (χ1v) is 11.4. The Kier molecular flexibility index (Phi) is 8.00. The summed E-state index contributed by atoms with van der Waals surface area (Å²) in [7, 11) is 3.01. The molecule has 2 unspecified atom stereocenters. The van der Waals surface area contributed by atoms with Crippen molar-refractivity contribution in [1.82, 2.24) is 15.5 Å². The van der Waals surface area contributed by atoms with Gasteiger partial charge in [-0.15, -0.1) is 10.2 Å². The number of aryl methyl sites for hydroxylation is 1. The summed E-state index contributed by atoms with van der Waals surface area (Å²) >= 11 is 1.28. The minimum atomic E-state index is -0.763. The molecule has 1 heterocycles. The molecule has 33 heavy (non-hydrogen) atoms. The Hall–Kier alpha value is -3.46. The molecular formula is C24H28N4O4S. The molecule has 8 nitrogen and oxygen atoms in total. The Morgan fingerprint density at radius 1 is 1.06 bits per heavy atom. The van der Waals surface area contributed by atoms with Crippen molar-refractivity contribution in [1.29, 1.82) is 0 Å². The minimum absolute atomic E-state index is 0.109. The van der Waals surface area contributed by atoms with Gasteiger partial charge in [-0.2, -0.15) is 0 Å². The van der Waals surface area contributed by atoms with E-state index in [9.17, 15) is 9.59 Å². The number of rotatable bonds is 9. The fourth-order valence-electron chi connectivity index (χ4n) is 3.18. The van der Waals surface area contributed by atoms with Gasteiger partial charge in [-0.1, -0.05) is 61.4 Å². The summed E-state index contributed by atoms with van der Waals surface area (Å²) in [5.74, 6) is 0.0642. The highest BCUT2D eigenvalue weighted by Crippen LogP contribution is 2.27. The lowest BCUT2D eigenvalue weighted by atomic mass is 9.98. The first-order chi connectivity index (χ1) is 15.9. The zero-order valence-electron chi connectivity index (χ0n) is 19.3. The summed E-state index contributed by atoms with van der Waals surface area (Å²) in [5.41, 5.74) is 2.39. The van der Waals surface area contributed by atoms with Gasteiger partial charge >= 0.3 is 0 Å². The lowest BCUT2D eigenvalue weighted by Gasteiger charge is -2.23. The van der Waals surface area contributed by atoms with E-state index in [-0.39, 0.29) is 11.8 Å². The molecule has 1 aromatic heterocycles. The average molecular weight is 469 g/mol. The molecule has 9 heteroatoms. The largest absolute Gasteiger partial charge is 0.497 e. The number of nitrogens with zero attached hydrogens (tertiary/aromatic N) is 2. The van der Waals surface area contributed by atoms with Gasteiger partial charge in [0.05, 0.1) is 19.8 Å². The predicted octanol–water partition coefficient (Wildman–Crippen LogP) is 4.31. The quantitative estimate of drug-likeness (QED) is 0.485. The number of anilines is 1. The Morgan fingerprint density at radius 3 is 2.42 bits per heavy atom. The second-order valence-corrected chi connectivity index (χ2v) is 8.65. The van der Waals surface area contributed by atoms with E-state index in [1.165, 1.54) is 25.6 Å². The second-order valence-electron chi connectivity index (χ2n) is 7.67. The van der Waals surface area contributed by atoms with Crippen LogP contribution in [0.15, 0.2) is 42.5 Å². The van der Waals surface area contributed by atoms with Crippen LogP contribution in [0.2, 0.25) is 0 Å². The van der Waals surface area contributed by atoms with Crippen molar-refractivity contribution in [2.75, 3.05) is 19.5 Å². The Balaban J connectivity index is 1.76. The van der Waals surface area contributed by atoms with Gasteiger partial charge in [-0.05, 0) is 25.0 Å². The summed E-state index contributed by atoms with van der Waals surface area (Å²) in [6.45, 7) is 5.89. The lowest BCUT2D eigenvalue weighted by Crippen LogP contribution is -2.47. The van der Waals surface area contributed by atoms with Crippen LogP contribution in [0.25, 0.3) is 10.6 Å². The minimum Gasteiger partial charge on any atom is -0.497 e. The van der Waals surface area contributed by atoms with Crippen LogP contribution in [-0.4, -0.2) is 42.3 Å². The van der Waals surface area contributed by atoms with Gasteiger partial charge in [0.15, 0.2) is 0 Å². The number of amides is 2. The Morgan fingerprint density at radius 2 is 1.79 bits per heavy atom. The molecule has 0 fully saturated rings. The van der Waals surface area contributed by atoms with Gasteiger partial charge in [0, 0.05) is 11.6 Å². The van der Waals surface area contributed by atoms with Gasteiger partial charge in [-0.3, -0.25) is 14.9 Å². The third-order valence-corrected chi connectivity index (χ3v) is 6.28. The zero-order valence-corrected chi connectivity index (χ0v) is 20.2. The third-order valence-electron chi connectivity index (χ3n) is 5.39. The summed E-state index contributed by atoms with van der Waals surface area (Å²) < 4.78 is 10.5. The molecular weight excluding hydrogens is 440 g/mol. The summed E-state index contributed by atoms with van der Waals surface area (Å²) in [6, 6.07) is 12.1. The Bertz CT molecular complexity index is 1110. The van der Waals surface area contributed by atoms with Gasteiger partial charge in [-0.25, -0.2) is 0 Å². The van der Waals surface area contributed by atoms with Crippen molar-refractivity contribution in [3.05, 3.63) is 53.6 Å². The zero-order chi connectivity index (χ0) is 24.0. The predicted molar refractivity (Wildman–Crippen MR) is 129 cm³/mol. The van der Waals surface area contributed by atoms with Crippen LogP contribution < -0.4 is 20.1 Å². The number of benzene rings is 2. The standard InChI is InChI=1S/C24H28N4O4S/c1-6-15(3)20(25-21(29)18-12-11-17(31-4)13-19(18)32-5)22(30)26-24-28-27-23(33-24)16-9-7-14(2)8-10-16/h7-13,15,20H,6H2,1-5H3,(H,25,29)(H,26,28,30). The average Bonchev–Trinajstić information content (AvgIpc) is 3.30. The molecule has 0 spiro atoms. The van der Waals surface area contributed by atoms with Gasteiger partial charge in [0.2, 0.25) is 11.0 Å². The first kappa shape index (κ1) is 24.2. The maximum absolute atomic E-state index is 13.1. The molecule has 0 aliphatic carbocycles. The maximum atomic E-state index is 13.1. The van der Waals surface area contributed by atoms with Gasteiger partial charge in [0.25, 0.3) is 5.91 Å². The van der Waals surface area contributed by atoms with Crippen LogP contribution in [0, 0.1) is 12.8 Å². The van der Waals surface area contributed by atoms with Crippen LogP contribution >= 0.6 is 11.3 Å². The molecule has 0 saturated carbocycles. The van der Waals surface area contributed by atoms with Crippen LogP contribution in [-0.2, 0) is 4.79 Å². The number of carbonyl (C=O) groups excluding carboxylic acids is 2. The molecule has 0 radical (unpaired) electrons. The Labute approximate surface area is 197 Å². The molecule has 0 saturated heterocycles. The topological polar surface area (TPSA) is 102 Å². The summed E-state index contributed by atoms with van der Waals surface area (Å²) in [6.07, 6.45) is 0.697. The lowest BCUT2D eigenvalue weighted by molar-refractivity contribution is -0.119. The number of ether oxygens (including phenoxy) is 2. The summed E-state index contributed by atoms with van der Waals surface area (Å²) in [4.78, 5) is 26.1. The fourth-order valence-corrected chi connectivity index (χ4v) is 3.93. The number of methoxy groups -OCH3 is 2. The van der Waals surface area contributed by atoms with E-state index in [1.807, 2.05) is 45.0 Å². The number of nitrogens with one attached hydrogen (secondary N) is 2. The van der Waals surface area contributed by atoms with Crippen molar-refractivity contribution in [3.63, 3.8) is 0 Å². The molecule has 174 valence electrons. The van der Waals surface area contributed by atoms with Gasteiger partial charge in [0.1, 0.15) is 22.5 Å². The molecule has 0 aliphatic rings. The molecule has 3 aromatic rings. The monoisotopic (exact) mass is 468 g/mol. The molecule has 2 atom stereocenters. The van der Waals surface area contributed by atoms with E-state index < -0.39 is 11.9 Å². The van der Waals surface area contributed by atoms with Crippen molar-refractivity contribution >= 4 is 28.3 Å². The molecule has 0 bridgehead atoms. The molecule has 2 N–H and O–H groups in total. The highest BCUT2D eigenvalue weighted by molar-refractivity contribution is 7.18. The smallest absolute Gasteiger partial charge is 0.255 e. The second kappa shape index (κ2) is 10.9. The first-order valence-electron chi connectivity index (χ1n) is 10.6. The van der Waals surface area contributed by atoms with Crippen molar-refractivity contribution in [2.24, 2.45) is 5.92 Å². The molecule has 0 aliphatic heterocycles. The van der Waals surface area contributed by atoms with Crippen molar-refractivity contribution in [2.45, 2.75) is 33.2 Å². The van der Waals surface area contributed by atoms with E-state index in [0.717, 1.165) is 11.1 Å². The van der Waals surface area contributed by atoms with Crippen LogP contribution in [0.1, 0.15) is 36.2 Å². The number of hydrogen-bond acceptors (Lipinski definition) is 7. The molecule has 2 aromatic carbocycles. The van der Waals surface area contributed by atoms with E-state index in [4.69, 9.17) is 9.47 Å². The van der Waals surface area contributed by atoms with E-state index in [1.54, 1.807) is 18.2 Å². The van der Waals surface area contributed by atoms with Crippen LogP contribution in [0.3, 0.4) is 0 Å². The van der Waals surface area contributed by atoms with Crippen LogP contribution in [0.5, 0.6) is 11.5 Å². The fraction of sp³-hybridized carbons (Fsp3) is 0.333. The third kappa shape index (κ3) is 5.87. The highest BCUT2D eigenvalue weighted by atomic mass is 32.1. The number of hydrogen-bond donors (Lipinski definition) is 2. The number of carbonyl (C=O) groups is 2. The van der Waals surface area contributed by atoms with Crippen molar-refractivity contribution in [3.8, 4) is 22.1 Å². The van der Waals surface area contributed by atoms with E-state index in [0.29, 0.717) is 33.6 Å². The number of aromatic nitrogens is 2. The van der Waals surface area contributed by atoms with Crippen LogP contribution in [0.4, 0.5) is 5.13 Å². The molecule has 2 amide bonds. The SMILES string of the molecule is CCC(C)C(NC(=O)c1ccc(OC)cc1OC)C(=O)Nc1nnc(-c2ccc(C)cc2)s1. The van der Waals surface area contributed by atoms with E-state index in [2.05, 4.69) is 20.8 Å². The highest BCUT2D eigenvalue weighted by Gasteiger charge is 2.28. The normalized spacial score (nSPS) is 12.5. The van der Waals surface area contributed by atoms with E-state index >= 15 is 0 Å².